The van der Waals surface area contributed by atoms with Gasteiger partial charge in [0, 0.05) is 5.92 Å². The van der Waals surface area contributed by atoms with Crippen molar-refractivity contribution in [3.63, 3.8) is 0 Å². The van der Waals surface area contributed by atoms with Gasteiger partial charge >= 0.3 is 12.2 Å². The van der Waals surface area contributed by atoms with Crippen molar-refractivity contribution < 1.29 is 19.1 Å². The van der Waals surface area contributed by atoms with Gasteiger partial charge in [-0.3, -0.25) is 0 Å². The van der Waals surface area contributed by atoms with Gasteiger partial charge in [0.1, 0.15) is 0 Å². The fourth-order valence-electron chi connectivity index (χ4n) is 2.63. The van der Waals surface area contributed by atoms with Crippen LogP contribution in [0.15, 0.2) is 42.5 Å². The van der Waals surface area contributed by atoms with Crippen LogP contribution < -0.4 is 5.43 Å². The highest BCUT2D eigenvalue weighted by Gasteiger charge is 2.35. The summed E-state index contributed by atoms with van der Waals surface area (Å²) < 4.78 is 9.95. The van der Waals surface area contributed by atoms with Crippen molar-refractivity contribution in [3.8, 4) is 0 Å². The molecule has 0 fully saturated rings. The topological polar surface area (TPSA) is 67.9 Å². The Kier molecular flexibility index (Phi) is 6.02. The van der Waals surface area contributed by atoms with Gasteiger partial charge in [-0.2, -0.15) is 0 Å². The quantitative estimate of drug-likeness (QED) is 0.683. The maximum Gasteiger partial charge on any atom is 0.429 e. The van der Waals surface area contributed by atoms with E-state index in [0.29, 0.717) is 6.42 Å². The molecule has 124 valence electrons. The van der Waals surface area contributed by atoms with Crippen LogP contribution in [0.3, 0.4) is 0 Å². The molecule has 6 heteroatoms. The molecule has 0 radical (unpaired) electrons. The summed E-state index contributed by atoms with van der Waals surface area (Å²) in [5.74, 6) is -0.0115. The van der Waals surface area contributed by atoms with E-state index in [1.54, 1.807) is 13.8 Å². The molecule has 0 spiro atoms. The molecule has 0 saturated heterocycles. The Morgan fingerprint density at radius 2 is 1.87 bits per heavy atom. The van der Waals surface area contributed by atoms with Gasteiger partial charge in [-0.15, -0.1) is 0 Å². The van der Waals surface area contributed by atoms with E-state index in [1.807, 2.05) is 42.5 Å². The van der Waals surface area contributed by atoms with Crippen molar-refractivity contribution in [1.29, 1.82) is 0 Å². The lowest BCUT2D eigenvalue weighted by molar-refractivity contribution is 0.0541. The Morgan fingerprint density at radius 3 is 2.52 bits per heavy atom. The fraction of sp³-hybridized carbons (Fsp3) is 0.412. The molecule has 1 aliphatic rings. The average Bonchev–Trinajstić information content (AvgIpc) is 3.03. The number of hydrogen-bond donors (Lipinski definition) is 1. The number of carbonyl (C=O) groups excluding carboxylic acids is 2. The number of rotatable bonds is 4. The largest absolute Gasteiger partial charge is 0.449 e. The second kappa shape index (κ2) is 8.22. The number of carbonyl (C=O) groups is 2. The third kappa shape index (κ3) is 4.25. The molecule has 0 heterocycles. The molecule has 2 atom stereocenters. The minimum absolute atomic E-state index is 0.0115. The molecule has 1 aromatic rings. The fourth-order valence-corrected chi connectivity index (χ4v) is 2.63. The predicted octanol–water partition coefficient (Wildman–Crippen LogP) is 3.22. The van der Waals surface area contributed by atoms with Crippen LogP contribution in [0.5, 0.6) is 0 Å². The lowest BCUT2D eigenvalue weighted by atomic mass is 9.94. The van der Waals surface area contributed by atoms with Gasteiger partial charge in [-0.1, -0.05) is 42.5 Å². The third-order valence-corrected chi connectivity index (χ3v) is 3.60. The molecule has 2 rings (SSSR count). The van der Waals surface area contributed by atoms with Crippen LogP contribution in [0.25, 0.3) is 0 Å². The number of hydrogen-bond acceptors (Lipinski definition) is 4. The first-order valence-electron chi connectivity index (χ1n) is 7.78. The van der Waals surface area contributed by atoms with Crippen LogP contribution in [0, 0.1) is 0 Å². The highest BCUT2D eigenvalue weighted by Crippen LogP contribution is 2.32. The summed E-state index contributed by atoms with van der Waals surface area (Å²) in [6.07, 6.45) is 3.42. The summed E-state index contributed by atoms with van der Waals surface area (Å²) in [4.78, 5) is 24.0. The van der Waals surface area contributed by atoms with Crippen LogP contribution in [0.2, 0.25) is 0 Å². The Labute approximate surface area is 136 Å². The first-order chi connectivity index (χ1) is 11.2. The first kappa shape index (κ1) is 16.9. The zero-order valence-electron chi connectivity index (χ0n) is 13.4. The molecule has 0 aliphatic heterocycles. The number of nitrogens with one attached hydrogen (secondary N) is 1. The smallest absolute Gasteiger partial charge is 0.429 e. The maximum absolute atomic E-state index is 12.3. The van der Waals surface area contributed by atoms with Gasteiger partial charge in [-0.25, -0.2) is 20.0 Å². The van der Waals surface area contributed by atoms with Crippen molar-refractivity contribution in [3.05, 3.63) is 48.0 Å². The van der Waals surface area contributed by atoms with E-state index in [1.165, 1.54) is 5.01 Å². The third-order valence-electron chi connectivity index (χ3n) is 3.60. The zero-order valence-corrected chi connectivity index (χ0v) is 13.4. The molecule has 1 N–H and O–H groups in total. The van der Waals surface area contributed by atoms with Crippen molar-refractivity contribution in [2.75, 3.05) is 13.2 Å². The van der Waals surface area contributed by atoms with Crippen LogP contribution in [-0.2, 0) is 9.47 Å². The van der Waals surface area contributed by atoms with E-state index in [0.717, 1.165) is 5.56 Å². The van der Waals surface area contributed by atoms with Gasteiger partial charge in [0.25, 0.3) is 0 Å². The van der Waals surface area contributed by atoms with E-state index in [9.17, 15) is 9.59 Å². The van der Waals surface area contributed by atoms with Gasteiger partial charge < -0.3 is 9.47 Å². The molecule has 1 aromatic carbocycles. The average molecular weight is 318 g/mol. The van der Waals surface area contributed by atoms with Gasteiger partial charge in [0.15, 0.2) is 0 Å². The predicted molar refractivity (Wildman–Crippen MR) is 85.7 cm³/mol. The van der Waals surface area contributed by atoms with Gasteiger partial charge in [0.05, 0.1) is 19.3 Å². The van der Waals surface area contributed by atoms with Gasteiger partial charge in [0.2, 0.25) is 0 Å². The highest BCUT2D eigenvalue weighted by molar-refractivity contribution is 5.74. The molecule has 0 aromatic heterocycles. The molecule has 0 bridgehead atoms. The molecule has 2 amide bonds. The van der Waals surface area contributed by atoms with Crippen molar-refractivity contribution >= 4 is 12.2 Å². The number of amides is 2. The van der Waals surface area contributed by atoms with Crippen LogP contribution in [0.1, 0.15) is 31.7 Å². The standard InChI is InChI=1S/C17H22N2O4/c1-3-22-16(20)18-19(17(21)23-4-2)15-12-8-11-14(15)13-9-6-5-7-10-13/h5-11,14-15H,3-4,12H2,1-2H3,(H,18,20)/t14?,15-/m0/s1. The molecule has 1 aliphatic carbocycles. The lowest BCUT2D eigenvalue weighted by Crippen LogP contribution is -2.53. The summed E-state index contributed by atoms with van der Waals surface area (Å²) in [7, 11) is 0. The summed E-state index contributed by atoms with van der Waals surface area (Å²) in [5.41, 5.74) is 3.58. The lowest BCUT2D eigenvalue weighted by Gasteiger charge is -2.31. The summed E-state index contributed by atoms with van der Waals surface area (Å²) in [5, 5.41) is 1.24. The van der Waals surface area contributed by atoms with E-state index in [-0.39, 0.29) is 25.2 Å². The Hall–Kier alpha value is -2.50. The first-order valence-corrected chi connectivity index (χ1v) is 7.78. The van der Waals surface area contributed by atoms with E-state index in [4.69, 9.17) is 9.47 Å². The Balaban J connectivity index is 2.19. The minimum Gasteiger partial charge on any atom is -0.449 e. The maximum atomic E-state index is 12.3. The minimum atomic E-state index is -0.667. The molecule has 6 nitrogen and oxygen atoms in total. The number of hydrazine groups is 1. The Morgan fingerprint density at radius 1 is 1.17 bits per heavy atom. The van der Waals surface area contributed by atoms with E-state index < -0.39 is 12.2 Å². The summed E-state index contributed by atoms with van der Waals surface area (Å²) >= 11 is 0. The Bertz CT molecular complexity index is 559. The zero-order chi connectivity index (χ0) is 16.7. The monoisotopic (exact) mass is 318 g/mol. The SMILES string of the molecule is CCOC(=O)NN(C(=O)OCC)[C@H]1CC=CC1c1ccccc1. The molecule has 0 saturated carbocycles. The second-order valence-electron chi connectivity index (χ2n) is 5.07. The molecular weight excluding hydrogens is 296 g/mol. The van der Waals surface area contributed by atoms with Crippen molar-refractivity contribution in [1.82, 2.24) is 10.4 Å². The number of benzene rings is 1. The normalized spacial score (nSPS) is 19.2. The number of ether oxygens (including phenoxy) is 2. The molecular formula is C17H22N2O4. The molecule has 23 heavy (non-hydrogen) atoms. The van der Waals surface area contributed by atoms with E-state index in [2.05, 4.69) is 5.43 Å². The molecule has 1 unspecified atom stereocenters. The van der Waals surface area contributed by atoms with Crippen molar-refractivity contribution in [2.45, 2.75) is 32.2 Å². The number of nitrogens with zero attached hydrogens (tertiary/aromatic N) is 1. The highest BCUT2D eigenvalue weighted by atomic mass is 16.6. The van der Waals surface area contributed by atoms with Crippen LogP contribution in [-0.4, -0.2) is 36.5 Å². The van der Waals surface area contributed by atoms with Crippen LogP contribution in [0.4, 0.5) is 9.59 Å². The summed E-state index contributed by atoms with van der Waals surface area (Å²) in [6, 6.07) is 9.60. The van der Waals surface area contributed by atoms with Gasteiger partial charge in [-0.05, 0) is 25.8 Å². The van der Waals surface area contributed by atoms with E-state index >= 15 is 0 Å². The van der Waals surface area contributed by atoms with Crippen LogP contribution >= 0.6 is 0 Å². The van der Waals surface area contributed by atoms with Crippen molar-refractivity contribution in [2.24, 2.45) is 0 Å². The second-order valence-corrected chi connectivity index (χ2v) is 5.07. The summed E-state index contributed by atoms with van der Waals surface area (Å²) in [6.45, 7) is 3.89.